The van der Waals surface area contributed by atoms with Crippen molar-refractivity contribution in [3.8, 4) is 11.5 Å². The number of hydrogen-bond donors (Lipinski definition) is 1. The minimum atomic E-state index is 0.126. The molecule has 0 aromatic heterocycles. The van der Waals surface area contributed by atoms with Crippen molar-refractivity contribution in [3.05, 3.63) is 23.8 Å². The van der Waals surface area contributed by atoms with E-state index in [4.69, 9.17) is 19.9 Å². The number of benzene rings is 1. The van der Waals surface area contributed by atoms with E-state index in [-0.39, 0.29) is 6.10 Å². The Bertz CT molecular complexity index is 375. The summed E-state index contributed by atoms with van der Waals surface area (Å²) in [5.74, 6) is 1.59. The lowest BCUT2D eigenvalue weighted by molar-refractivity contribution is 0.00639. The van der Waals surface area contributed by atoms with E-state index in [9.17, 15) is 0 Å². The quantitative estimate of drug-likeness (QED) is 0.866. The van der Waals surface area contributed by atoms with E-state index in [1.165, 1.54) is 0 Å². The van der Waals surface area contributed by atoms with Crippen LogP contribution in [-0.4, -0.2) is 33.0 Å². The van der Waals surface area contributed by atoms with Crippen LogP contribution in [0.2, 0.25) is 0 Å². The Hall–Kier alpha value is -1.26. The average Bonchev–Trinajstić information content (AvgIpc) is 2.41. The van der Waals surface area contributed by atoms with Crippen molar-refractivity contribution in [3.63, 3.8) is 0 Å². The van der Waals surface area contributed by atoms with Crippen molar-refractivity contribution in [2.24, 2.45) is 5.73 Å². The Morgan fingerprint density at radius 1 is 1.44 bits per heavy atom. The van der Waals surface area contributed by atoms with Gasteiger partial charge in [-0.05, 0) is 37.4 Å². The fraction of sp³-hybridized carbons (Fsp3) is 0.571. The van der Waals surface area contributed by atoms with Gasteiger partial charge in [0.1, 0.15) is 6.10 Å². The molecule has 1 heterocycles. The monoisotopic (exact) mass is 251 g/mol. The first-order chi connectivity index (χ1) is 8.85. The number of ether oxygens (including phenoxy) is 3. The summed E-state index contributed by atoms with van der Waals surface area (Å²) in [6, 6.07) is 5.94. The SMILES string of the molecule is COc1c(CCN)cccc1OC1CCCOC1. The summed E-state index contributed by atoms with van der Waals surface area (Å²) in [6.45, 7) is 2.10. The van der Waals surface area contributed by atoms with Crippen LogP contribution in [0.4, 0.5) is 0 Å². The van der Waals surface area contributed by atoms with Gasteiger partial charge >= 0.3 is 0 Å². The summed E-state index contributed by atoms with van der Waals surface area (Å²) in [5, 5.41) is 0. The Morgan fingerprint density at radius 3 is 3.00 bits per heavy atom. The van der Waals surface area contributed by atoms with Crippen molar-refractivity contribution < 1.29 is 14.2 Å². The van der Waals surface area contributed by atoms with Gasteiger partial charge in [0.25, 0.3) is 0 Å². The Labute approximate surface area is 108 Å². The molecule has 4 heteroatoms. The van der Waals surface area contributed by atoms with Gasteiger partial charge in [-0.3, -0.25) is 0 Å². The van der Waals surface area contributed by atoms with Crippen LogP contribution in [0.15, 0.2) is 18.2 Å². The summed E-state index contributed by atoms with van der Waals surface area (Å²) in [6.07, 6.45) is 3.00. The number of methoxy groups -OCH3 is 1. The van der Waals surface area contributed by atoms with Crippen LogP contribution in [-0.2, 0) is 11.2 Å². The van der Waals surface area contributed by atoms with Gasteiger partial charge in [-0.2, -0.15) is 0 Å². The standard InChI is InChI=1S/C14H21NO3/c1-16-14-11(7-8-15)4-2-6-13(14)18-12-5-3-9-17-10-12/h2,4,6,12H,3,5,7-10,15H2,1H3. The number of para-hydroxylation sites is 1. The van der Waals surface area contributed by atoms with Crippen molar-refractivity contribution in [2.75, 3.05) is 26.9 Å². The van der Waals surface area contributed by atoms with Crippen LogP contribution in [0.5, 0.6) is 11.5 Å². The Balaban J connectivity index is 2.12. The lowest BCUT2D eigenvalue weighted by Gasteiger charge is -2.24. The van der Waals surface area contributed by atoms with Crippen LogP contribution < -0.4 is 15.2 Å². The molecular formula is C14H21NO3. The van der Waals surface area contributed by atoms with Gasteiger partial charge in [0, 0.05) is 6.61 Å². The predicted octanol–water partition coefficient (Wildman–Crippen LogP) is 1.75. The largest absolute Gasteiger partial charge is 0.493 e. The summed E-state index contributed by atoms with van der Waals surface area (Å²) >= 11 is 0. The van der Waals surface area contributed by atoms with E-state index in [1.807, 2.05) is 18.2 Å². The van der Waals surface area contributed by atoms with E-state index in [1.54, 1.807) is 7.11 Å². The average molecular weight is 251 g/mol. The number of hydrogen-bond acceptors (Lipinski definition) is 4. The third kappa shape index (κ3) is 3.15. The maximum Gasteiger partial charge on any atom is 0.163 e. The Kier molecular flexibility index (Phi) is 4.84. The molecule has 1 aromatic carbocycles. The molecule has 1 unspecified atom stereocenters. The molecule has 4 nitrogen and oxygen atoms in total. The summed E-state index contributed by atoms with van der Waals surface area (Å²) in [4.78, 5) is 0. The normalized spacial score (nSPS) is 19.6. The van der Waals surface area contributed by atoms with Gasteiger partial charge < -0.3 is 19.9 Å². The minimum Gasteiger partial charge on any atom is -0.493 e. The second kappa shape index (κ2) is 6.61. The Morgan fingerprint density at radius 2 is 2.33 bits per heavy atom. The fourth-order valence-corrected chi connectivity index (χ4v) is 2.22. The molecule has 100 valence electrons. The van der Waals surface area contributed by atoms with Crippen LogP contribution in [0.25, 0.3) is 0 Å². The smallest absolute Gasteiger partial charge is 0.163 e. The van der Waals surface area contributed by atoms with E-state index in [0.29, 0.717) is 13.2 Å². The lowest BCUT2D eigenvalue weighted by atomic mass is 10.1. The molecule has 0 amide bonds. The second-order valence-electron chi connectivity index (χ2n) is 4.44. The third-order valence-electron chi connectivity index (χ3n) is 3.09. The first-order valence-corrected chi connectivity index (χ1v) is 6.45. The van der Waals surface area contributed by atoms with Gasteiger partial charge in [0.05, 0.1) is 13.7 Å². The van der Waals surface area contributed by atoms with E-state index >= 15 is 0 Å². The zero-order valence-electron chi connectivity index (χ0n) is 10.9. The molecule has 1 atom stereocenters. The molecule has 1 fully saturated rings. The van der Waals surface area contributed by atoms with Gasteiger partial charge in [-0.1, -0.05) is 12.1 Å². The van der Waals surface area contributed by atoms with Gasteiger partial charge in [0.15, 0.2) is 11.5 Å². The molecule has 2 rings (SSSR count). The van der Waals surface area contributed by atoms with Crippen LogP contribution in [0.1, 0.15) is 18.4 Å². The highest BCUT2D eigenvalue weighted by molar-refractivity contribution is 5.46. The van der Waals surface area contributed by atoms with Crippen molar-refractivity contribution in [1.29, 1.82) is 0 Å². The second-order valence-corrected chi connectivity index (χ2v) is 4.44. The molecule has 1 saturated heterocycles. The van der Waals surface area contributed by atoms with Crippen LogP contribution in [0.3, 0.4) is 0 Å². The highest BCUT2D eigenvalue weighted by Crippen LogP contribution is 2.32. The highest BCUT2D eigenvalue weighted by Gasteiger charge is 2.18. The van der Waals surface area contributed by atoms with E-state index < -0.39 is 0 Å². The molecular weight excluding hydrogens is 230 g/mol. The molecule has 0 aliphatic carbocycles. The molecule has 1 aliphatic rings. The number of nitrogens with two attached hydrogens (primary N) is 1. The van der Waals surface area contributed by atoms with Gasteiger partial charge in [-0.25, -0.2) is 0 Å². The van der Waals surface area contributed by atoms with Crippen molar-refractivity contribution in [1.82, 2.24) is 0 Å². The lowest BCUT2D eigenvalue weighted by Crippen LogP contribution is -2.28. The molecule has 0 bridgehead atoms. The molecule has 1 aromatic rings. The summed E-state index contributed by atoms with van der Waals surface area (Å²) < 4.78 is 16.8. The molecule has 18 heavy (non-hydrogen) atoms. The molecule has 0 radical (unpaired) electrons. The summed E-state index contributed by atoms with van der Waals surface area (Å²) in [7, 11) is 1.67. The van der Waals surface area contributed by atoms with Gasteiger partial charge in [0.2, 0.25) is 0 Å². The van der Waals surface area contributed by atoms with Crippen molar-refractivity contribution in [2.45, 2.75) is 25.4 Å². The molecule has 2 N–H and O–H groups in total. The summed E-state index contributed by atoms with van der Waals surface area (Å²) in [5.41, 5.74) is 6.69. The molecule has 1 aliphatic heterocycles. The maximum absolute atomic E-state index is 5.97. The highest BCUT2D eigenvalue weighted by atomic mass is 16.5. The topological polar surface area (TPSA) is 53.7 Å². The fourth-order valence-electron chi connectivity index (χ4n) is 2.22. The van der Waals surface area contributed by atoms with Gasteiger partial charge in [-0.15, -0.1) is 0 Å². The zero-order valence-corrected chi connectivity index (χ0v) is 10.9. The molecule has 0 saturated carbocycles. The first kappa shape index (κ1) is 13.2. The van der Waals surface area contributed by atoms with Crippen LogP contribution >= 0.6 is 0 Å². The van der Waals surface area contributed by atoms with E-state index in [2.05, 4.69) is 0 Å². The van der Waals surface area contributed by atoms with E-state index in [0.717, 1.165) is 42.9 Å². The van der Waals surface area contributed by atoms with Crippen molar-refractivity contribution >= 4 is 0 Å². The van der Waals surface area contributed by atoms with Crippen LogP contribution in [0, 0.1) is 0 Å². The minimum absolute atomic E-state index is 0.126. The first-order valence-electron chi connectivity index (χ1n) is 6.45. The zero-order chi connectivity index (χ0) is 12.8. The predicted molar refractivity (Wildman–Crippen MR) is 70.2 cm³/mol. The third-order valence-corrected chi connectivity index (χ3v) is 3.09. The number of rotatable bonds is 5. The maximum atomic E-state index is 5.97. The molecule has 0 spiro atoms.